The van der Waals surface area contributed by atoms with Crippen LogP contribution < -0.4 is 0 Å². The van der Waals surface area contributed by atoms with Gasteiger partial charge in [0.25, 0.3) is 0 Å². The standard InChI is InChI=1S/C18H24N2O5S/c1-25-14-8-13(9-18(23)24)20(11-14)17(22)3-2-16(21)19-6-4-15-12(10-19)5-7-26-15/h5,7,13-14H,2-4,6,8-11H2,1H3,(H,23,24). The zero-order chi connectivity index (χ0) is 18.7. The van der Waals surface area contributed by atoms with Crippen molar-refractivity contribution in [1.82, 2.24) is 9.80 Å². The van der Waals surface area contributed by atoms with Crippen LogP contribution in [0.25, 0.3) is 0 Å². The van der Waals surface area contributed by atoms with Gasteiger partial charge in [-0.2, -0.15) is 0 Å². The lowest BCUT2D eigenvalue weighted by atomic mass is 10.1. The van der Waals surface area contributed by atoms with Gasteiger partial charge in [0.15, 0.2) is 0 Å². The summed E-state index contributed by atoms with van der Waals surface area (Å²) in [5, 5.41) is 11.1. The van der Waals surface area contributed by atoms with Crippen molar-refractivity contribution in [2.75, 3.05) is 20.2 Å². The zero-order valence-corrected chi connectivity index (χ0v) is 15.7. The molecule has 1 N–H and O–H groups in total. The van der Waals surface area contributed by atoms with Gasteiger partial charge >= 0.3 is 5.97 Å². The summed E-state index contributed by atoms with van der Waals surface area (Å²) < 4.78 is 5.29. The maximum atomic E-state index is 12.6. The summed E-state index contributed by atoms with van der Waals surface area (Å²) in [5.74, 6) is -1.12. The number of methoxy groups -OCH3 is 1. The average molecular weight is 380 g/mol. The molecule has 2 aliphatic heterocycles. The molecule has 3 rings (SSSR count). The number of hydrogen-bond acceptors (Lipinski definition) is 5. The first-order valence-corrected chi connectivity index (χ1v) is 9.73. The Hall–Kier alpha value is -1.93. The highest BCUT2D eigenvalue weighted by Gasteiger charge is 2.36. The quantitative estimate of drug-likeness (QED) is 0.808. The fourth-order valence-electron chi connectivity index (χ4n) is 3.72. The van der Waals surface area contributed by atoms with E-state index in [9.17, 15) is 14.4 Å². The van der Waals surface area contributed by atoms with E-state index in [0.29, 0.717) is 26.1 Å². The number of thiophene rings is 1. The van der Waals surface area contributed by atoms with Crippen molar-refractivity contribution in [3.63, 3.8) is 0 Å². The van der Waals surface area contributed by atoms with Crippen molar-refractivity contribution in [2.24, 2.45) is 0 Å². The third-order valence-electron chi connectivity index (χ3n) is 5.15. The maximum Gasteiger partial charge on any atom is 0.305 e. The van der Waals surface area contributed by atoms with E-state index in [0.717, 1.165) is 6.42 Å². The van der Waals surface area contributed by atoms with E-state index in [1.165, 1.54) is 10.4 Å². The van der Waals surface area contributed by atoms with Gasteiger partial charge in [-0.05, 0) is 29.9 Å². The summed E-state index contributed by atoms with van der Waals surface area (Å²) in [6.45, 7) is 1.70. The lowest BCUT2D eigenvalue weighted by molar-refractivity contribution is -0.141. The molecule has 1 saturated heterocycles. The number of ether oxygens (including phenoxy) is 1. The van der Waals surface area contributed by atoms with E-state index in [-0.39, 0.29) is 43.2 Å². The van der Waals surface area contributed by atoms with Gasteiger partial charge in [0, 0.05) is 50.5 Å². The average Bonchev–Trinajstić information content (AvgIpc) is 3.24. The maximum absolute atomic E-state index is 12.6. The van der Waals surface area contributed by atoms with Crippen molar-refractivity contribution < 1.29 is 24.2 Å². The van der Waals surface area contributed by atoms with Crippen LogP contribution in [-0.4, -0.2) is 65.0 Å². The molecule has 0 aromatic carbocycles. The van der Waals surface area contributed by atoms with Crippen LogP contribution in [0.2, 0.25) is 0 Å². The first kappa shape index (κ1) is 18.8. The van der Waals surface area contributed by atoms with Crippen molar-refractivity contribution in [3.8, 4) is 0 Å². The summed E-state index contributed by atoms with van der Waals surface area (Å²) in [4.78, 5) is 40.8. The second-order valence-electron chi connectivity index (χ2n) is 6.83. The van der Waals surface area contributed by atoms with Crippen LogP contribution in [0, 0.1) is 0 Å². The number of hydrogen-bond donors (Lipinski definition) is 1. The van der Waals surface area contributed by atoms with Gasteiger partial charge in [-0.15, -0.1) is 11.3 Å². The molecule has 1 aromatic heterocycles. The molecule has 0 radical (unpaired) electrons. The summed E-state index contributed by atoms with van der Waals surface area (Å²) in [6, 6.07) is 1.69. The molecule has 1 fully saturated rings. The van der Waals surface area contributed by atoms with Crippen LogP contribution in [0.15, 0.2) is 11.4 Å². The Balaban J connectivity index is 1.52. The predicted molar refractivity (Wildman–Crippen MR) is 95.8 cm³/mol. The minimum absolute atomic E-state index is 0.0209. The summed E-state index contributed by atoms with van der Waals surface area (Å²) in [6.07, 6.45) is 1.43. The lowest BCUT2D eigenvalue weighted by Gasteiger charge is -2.28. The van der Waals surface area contributed by atoms with Crippen molar-refractivity contribution >= 4 is 29.1 Å². The SMILES string of the molecule is COC1CC(CC(=O)O)N(C(=O)CCC(=O)N2CCc3sccc3C2)C1. The van der Waals surface area contributed by atoms with Crippen LogP contribution in [0.1, 0.15) is 36.1 Å². The van der Waals surface area contributed by atoms with Gasteiger partial charge in [0.2, 0.25) is 11.8 Å². The number of carboxylic acids is 1. The summed E-state index contributed by atoms with van der Waals surface area (Å²) >= 11 is 1.72. The Bertz CT molecular complexity index is 689. The van der Waals surface area contributed by atoms with E-state index in [1.807, 2.05) is 5.38 Å². The molecule has 142 valence electrons. The number of carbonyl (C=O) groups excluding carboxylic acids is 2. The number of amides is 2. The molecule has 0 aliphatic carbocycles. The molecule has 2 aliphatic rings. The minimum atomic E-state index is -0.930. The number of likely N-dealkylation sites (tertiary alicyclic amines) is 1. The van der Waals surface area contributed by atoms with Gasteiger partial charge in [-0.25, -0.2) is 0 Å². The second kappa shape index (κ2) is 8.18. The Labute approximate surface area is 156 Å². The highest BCUT2D eigenvalue weighted by molar-refractivity contribution is 7.10. The number of nitrogens with zero attached hydrogens (tertiary/aromatic N) is 2. The zero-order valence-electron chi connectivity index (χ0n) is 14.8. The van der Waals surface area contributed by atoms with Gasteiger partial charge < -0.3 is 19.6 Å². The lowest BCUT2D eigenvalue weighted by Crippen LogP contribution is -2.39. The number of carbonyl (C=O) groups is 3. The van der Waals surface area contributed by atoms with E-state index in [1.54, 1.807) is 28.2 Å². The van der Waals surface area contributed by atoms with E-state index < -0.39 is 5.97 Å². The van der Waals surface area contributed by atoms with Crippen molar-refractivity contribution in [3.05, 3.63) is 21.9 Å². The van der Waals surface area contributed by atoms with Crippen LogP contribution in [0.3, 0.4) is 0 Å². The highest BCUT2D eigenvalue weighted by Crippen LogP contribution is 2.26. The van der Waals surface area contributed by atoms with Gasteiger partial charge in [-0.3, -0.25) is 14.4 Å². The third-order valence-corrected chi connectivity index (χ3v) is 6.18. The van der Waals surface area contributed by atoms with Gasteiger partial charge in [0.05, 0.1) is 12.5 Å². The molecule has 0 saturated carbocycles. The molecule has 0 spiro atoms. The number of aliphatic carboxylic acids is 1. The highest BCUT2D eigenvalue weighted by atomic mass is 32.1. The number of rotatable bonds is 6. The Morgan fingerprint density at radius 2 is 2.08 bits per heavy atom. The van der Waals surface area contributed by atoms with Crippen LogP contribution in [0.5, 0.6) is 0 Å². The fourth-order valence-corrected chi connectivity index (χ4v) is 4.61. The van der Waals surface area contributed by atoms with Crippen molar-refractivity contribution in [2.45, 2.75) is 50.8 Å². The molecule has 2 unspecified atom stereocenters. The van der Waals surface area contributed by atoms with Gasteiger partial charge in [-0.1, -0.05) is 0 Å². The Kier molecular flexibility index (Phi) is 5.93. The molecule has 3 heterocycles. The molecule has 0 bridgehead atoms. The normalized spacial score (nSPS) is 22.3. The first-order valence-electron chi connectivity index (χ1n) is 8.85. The Morgan fingerprint density at radius 3 is 2.81 bits per heavy atom. The third kappa shape index (κ3) is 4.24. The fraction of sp³-hybridized carbons (Fsp3) is 0.611. The number of fused-ring (bicyclic) bond motifs is 1. The molecular formula is C18H24N2O5S. The molecule has 1 aromatic rings. The molecule has 2 amide bonds. The van der Waals surface area contributed by atoms with E-state index in [2.05, 4.69) is 6.07 Å². The van der Waals surface area contributed by atoms with Gasteiger partial charge in [0.1, 0.15) is 0 Å². The summed E-state index contributed by atoms with van der Waals surface area (Å²) in [5.41, 5.74) is 1.20. The first-order chi connectivity index (χ1) is 12.5. The van der Waals surface area contributed by atoms with E-state index in [4.69, 9.17) is 9.84 Å². The van der Waals surface area contributed by atoms with Crippen LogP contribution in [0.4, 0.5) is 0 Å². The second-order valence-corrected chi connectivity index (χ2v) is 7.83. The van der Waals surface area contributed by atoms with Crippen LogP contribution in [-0.2, 0) is 32.1 Å². The monoisotopic (exact) mass is 380 g/mol. The molecular weight excluding hydrogens is 356 g/mol. The van der Waals surface area contributed by atoms with E-state index >= 15 is 0 Å². The number of carboxylic acid groups (broad SMARTS) is 1. The molecule has 7 nitrogen and oxygen atoms in total. The Morgan fingerprint density at radius 1 is 1.31 bits per heavy atom. The largest absolute Gasteiger partial charge is 0.481 e. The minimum Gasteiger partial charge on any atom is -0.481 e. The van der Waals surface area contributed by atoms with Crippen LogP contribution >= 0.6 is 11.3 Å². The predicted octanol–water partition coefficient (Wildman–Crippen LogP) is 1.50. The molecule has 8 heteroatoms. The topological polar surface area (TPSA) is 87.1 Å². The molecule has 2 atom stereocenters. The molecule has 26 heavy (non-hydrogen) atoms. The smallest absolute Gasteiger partial charge is 0.305 e. The summed E-state index contributed by atoms with van der Waals surface area (Å²) in [7, 11) is 1.56. The van der Waals surface area contributed by atoms with Crippen molar-refractivity contribution in [1.29, 1.82) is 0 Å².